The van der Waals surface area contributed by atoms with Gasteiger partial charge in [0.15, 0.2) is 0 Å². The first kappa shape index (κ1) is 8.55. The Hall–Kier alpha value is -0.0400. The molecule has 0 bridgehead atoms. The normalized spacial score (nSPS) is 45.0. The fourth-order valence-corrected chi connectivity index (χ4v) is 2.98. The summed E-state index contributed by atoms with van der Waals surface area (Å²) in [6.45, 7) is 6.90. The van der Waals surface area contributed by atoms with Gasteiger partial charge in [0.25, 0.3) is 0 Å². The summed E-state index contributed by atoms with van der Waals surface area (Å²) < 4.78 is 5.74. The minimum atomic E-state index is 0.313. The van der Waals surface area contributed by atoms with Crippen molar-refractivity contribution in [2.75, 3.05) is 0 Å². The Labute approximate surface area is 75.5 Å². The molecule has 0 aromatic carbocycles. The molecule has 0 aromatic heterocycles. The van der Waals surface area contributed by atoms with Crippen molar-refractivity contribution >= 4 is 0 Å². The second kappa shape index (κ2) is 2.73. The topological polar surface area (TPSA) is 12.5 Å². The van der Waals surface area contributed by atoms with Crippen LogP contribution < -0.4 is 0 Å². The van der Waals surface area contributed by atoms with Crippen LogP contribution in [0.5, 0.6) is 0 Å². The lowest BCUT2D eigenvalue weighted by Gasteiger charge is -2.20. The smallest absolute Gasteiger partial charge is 0.0923 e. The van der Waals surface area contributed by atoms with Crippen LogP contribution in [0.4, 0.5) is 0 Å². The molecule has 1 saturated carbocycles. The van der Waals surface area contributed by atoms with Crippen LogP contribution in [0.25, 0.3) is 0 Å². The number of epoxide rings is 1. The summed E-state index contributed by atoms with van der Waals surface area (Å²) in [6, 6.07) is 0. The number of ether oxygens (including phenoxy) is 1. The van der Waals surface area contributed by atoms with Crippen LogP contribution in [0, 0.1) is 11.8 Å². The van der Waals surface area contributed by atoms with Crippen molar-refractivity contribution in [2.45, 2.75) is 58.2 Å². The van der Waals surface area contributed by atoms with Crippen molar-refractivity contribution in [1.29, 1.82) is 0 Å². The van der Waals surface area contributed by atoms with E-state index in [1.807, 2.05) is 0 Å². The highest BCUT2D eigenvalue weighted by Crippen LogP contribution is 2.55. The van der Waals surface area contributed by atoms with E-state index in [-0.39, 0.29) is 0 Å². The largest absolute Gasteiger partial charge is 0.366 e. The van der Waals surface area contributed by atoms with Gasteiger partial charge in [-0.05, 0) is 31.6 Å². The molecule has 0 amide bonds. The Kier molecular flexibility index (Phi) is 1.95. The molecule has 0 spiro atoms. The Morgan fingerprint density at radius 2 is 2.08 bits per heavy atom. The van der Waals surface area contributed by atoms with E-state index < -0.39 is 0 Å². The van der Waals surface area contributed by atoms with Gasteiger partial charge >= 0.3 is 0 Å². The zero-order valence-corrected chi connectivity index (χ0v) is 8.47. The molecule has 3 unspecified atom stereocenters. The molecule has 12 heavy (non-hydrogen) atoms. The summed E-state index contributed by atoms with van der Waals surface area (Å²) in [5.41, 5.74) is 0.313. The Morgan fingerprint density at radius 3 is 2.42 bits per heavy atom. The SMILES string of the molecule is CCC(CC)C1CCC2(C)OC12. The van der Waals surface area contributed by atoms with Crippen LogP contribution in [0.2, 0.25) is 0 Å². The van der Waals surface area contributed by atoms with Crippen LogP contribution in [-0.2, 0) is 4.74 Å². The molecule has 3 atom stereocenters. The molecule has 0 radical (unpaired) electrons. The third kappa shape index (κ3) is 1.10. The molecule has 0 aromatic rings. The summed E-state index contributed by atoms with van der Waals surface area (Å²) in [5.74, 6) is 1.80. The second-order valence-electron chi connectivity index (χ2n) is 4.63. The van der Waals surface area contributed by atoms with E-state index in [2.05, 4.69) is 20.8 Å². The highest BCUT2D eigenvalue weighted by Gasteiger charge is 2.61. The maximum atomic E-state index is 5.74. The number of fused-ring (bicyclic) bond motifs is 1. The maximum absolute atomic E-state index is 5.74. The van der Waals surface area contributed by atoms with Crippen molar-refractivity contribution in [1.82, 2.24) is 0 Å². The van der Waals surface area contributed by atoms with Gasteiger partial charge in [0, 0.05) is 0 Å². The number of hydrogen-bond acceptors (Lipinski definition) is 1. The number of hydrogen-bond donors (Lipinski definition) is 0. The molecule has 2 fully saturated rings. The lowest BCUT2D eigenvalue weighted by Crippen LogP contribution is -2.16. The summed E-state index contributed by atoms with van der Waals surface area (Å²) in [6.07, 6.45) is 6.00. The summed E-state index contributed by atoms with van der Waals surface area (Å²) >= 11 is 0. The van der Waals surface area contributed by atoms with Crippen LogP contribution in [0.15, 0.2) is 0 Å². The van der Waals surface area contributed by atoms with Crippen LogP contribution >= 0.6 is 0 Å². The minimum Gasteiger partial charge on any atom is -0.366 e. The van der Waals surface area contributed by atoms with E-state index >= 15 is 0 Å². The molecule has 1 heterocycles. The van der Waals surface area contributed by atoms with Crippen molar-refractivity contribution in [2.24, 2.45) is 11.8 Å². The first-order valence-corrected chi connectivity index (χ1v) is 5.39. The standard InChI is InChI=1S/C11H20O/c1-4-8(5-2)9-6-7-11(3)10(9)12-11/h8-10H,4-7H2,1-3H3. The summed E-state index contributed by atoms with van der Waals surface area (Å²) in [4.78, 5) is 0. The van der Waals surface area contributed by atoms with Gasteiger partial charge in [-0.2, -0.15) is 0 Å². The molecular weight excluding hydrogens is 148 g/mol. The lowest BCUT2D eigenvalue weighted by atomic mass is 9.86. The van der Waals surface area contributed by atoms with Gasteiger partial charge in [-0.25, -0.2) is 0 Å². The van der Waals surface area contributed by atoms with Crippen molar-refractivity contribution < 1.29 is 4.74 Å². The van der Waals surface area contributed by atoms with Gasteiger partial charge in [0.05, 0.1) is 11.7 Å². The molecule has 2 rings (SSSR count). The summed E-state index contributed by atoms with van der Waals surface area (Å²) in [5, 5.41) is 0. The van der Waals surface area contributed by atoms with Gasteiger partial charge in [0.1, 0.15) is 0 Å². The Morgan fingerprint density at radius 1 is 1.42 bits per heavy atom. The van der Waals surface area contributed by atoms with E-state index in [9.17, 15) is 0 Å². The fraction of sp³-hybridized carbons (Fsp3) is 1.00. The predicted octanol–water partition coefficient (Wildman–Crippen LogP) is 2.99. The quantitative estimate of drug-likeness (QED) is 0.590. The van der Waals surface area contributed by atoms with Crippen molar-refractivity contribution in [3.8, 4) is 0 Å². The van der Waals surface area contributed by atoms with Gasteiger partial charge in [-0.1, -0.05) is 26.7 Å². The Balaban J connectivity index is 1.97. The molecule has 1 aliphatic carbocycles. The fourth-order valence-electron chi connectivity index (χ4n) is 2.98. The second-order valence-corrected chi connectivity index (χ2v) is 4.63. The van der Waals surface area contributed by atoms with Gasteiger partial charge < -0.3 is 4.74 Å². The molecule has 0 N–H and O–H groups in total. The maximum Gasteiger partial charge on any atom is 0.0923 e. The van der Waals surface area contributed by atoms with Gasteiger partial charge in [-0.3, -0.25) is 0 Å². The third-order valence-corrected chi connectivity index (χ3v) is 3.96. The van der Waals surface area contributed by atoms with Gasteiger partial charge in [-0.15, -0.1) is 0 Å². The van der Waals surface area contributed by atoms with E-state index in [0.29, 0.717) is 11.7 Å². The molecule has 1 heteroatoms. The lowest BCUT2D eigenvalue weighted by molar-refractivity contribution is 0.182. The highest BCUT2D eigenvalue weighted by atomic mass is 16.6. The van der Waals surface area contributed by atoms with Gasteiger partial charge in [0.2, 0.25) is 0 Å². The first-order chi connectivity index (χ1) is 5.71. The molecular formula is C11H20O. The number of rotatable bonds is 3. The zero-order valence-electron chi connectivity index (χ0n) is 8.47. The average molecular weight is 168 g/mol. The van der Waals surface area contributed by atoms with Crippen LogP contribution in [-0.4, -0.2) is 11.7 Å². The van der Waals surface area contributed by atoms with Crippen molar-refractivity contribution in [3.63, 3.8) is 0 Å². The monoisotopic (exact) mass is 168 g/mol. The predicted molar refractivity (Wildman–Crippen MR) is 50.1 cm³/mol. The Bertz CT molecular complexity index is 174. The van der Waals surface area contributed by atoms with Crippen molar-refractivity contribution in [3.05, 3.63) is 0 Å². The van der Waals surface area contributed by atoms with Crippen LogP contribution in [0.3, 0.4) is 0 Å². The van der Waals surface area contributed by atoms with Crippen LogP contribution in [0.1, 0.15) is 46.5 Å². The van der Waals surface area contributed by atoms with E-state index in [4.69, 9.17) is 4.74 Å². The zero-order chi connectivity index (χ0) is 8.77. The summed E-state index contributed by atoms with van der Waals surface area (Å²) in [7, 11) is 0. The molecule has 1 aliphatic heterocycles. The van der Waals surface area contributed by atoms with E-state index in [0.717, 1.165) is 11.8 Å². The van der Waals surface area contributed by atoms with E-state index in [1.165, 1.54) is 25.7 Å². The van der Waals surface area contributed by atoms with E-state index in [1.54, 1.807) is 0 Å². The molecule has 1 saturated heterocycles. The first-order valence-electron chi connectivity index (χ1n) is 5.39. The highest BCUT2D eigenvalue weighted by molar-refractivity contribution is 5.09. The third-order valence-electron chi connectivity index (χ3n) is 3.96. The molecule has 2 aliphatic rings. The molecule has 70 valence electrons. The molecule has 1 nitrogen and oxygen atoms in total. The average Bonchev–Trinajstić information content (AvgIpc) is 2.63. The minimum absolute atomic E-state index is 0.313.